The van der Waals surface area contributed by atoms with Crippen LogP contribution in [0.15, 0.2) is 76.5 Å². The van der Waals surface area contributed by atoms with Gasteiger partial charge in [-0.25, -0.2) is 14.6 Å². The Morgan fingerprint density at radius 1 is 0.889 bits per heavy atom. The second-order valence-corrected chi connectivity index (χ2v) is 9.47. The fraction of sp³-hybridized carbons (Fsp3) is 0.276. The number of nitrogens with zero attached hydrogens (tertiary/aromatic N) is 1. The number of esters is 2. The van der Waals surface area contributed by atoms with Gasteiger partial charge in [0, 0.05) is 27.9 Å². The summed E-state index contributed by atoms with van der Waals surface area (Å²) in [5.74, 6) is -1.54. The molecule has 0 saturated heterocycles. The zero-order valence-electron chi connectivity index (χ0n) is 21.2. The van der Waals surface area contributed by atoms with Gasteiger partial charge in [0.05, 0.1) is 36.0 Å². The lowest BCUT2D eigenvalue weighted by Gasteiger charge is -2.30. The number of aryl methyl sites for hydroxylation is 1. The first kappa shape index (κ1) is 25.4. The summed E-state index contributed by atoms with van der Waals surface area (Å²) in [6.45, 7) is 9.71. The molecule has 0 bridgehead atoms. The number of carbonyl (C=O) groups excluding carboxylic acids is 2. The third-order valence-corrected chi connectivity index (χ3v) is 6.93. The lowest BCUT2D eigenvalue weighted by Crippen LogP contribution is -2.32. The van der Waals surface area contributed by atoms with Gasteiger partial charge in [0.25, 0.3) is 0 Å². The second-order valence-electron chi connectivity index (χ2n) is 8.61. The number of hydrogen-bond acceptors (Lipinski definition) is 7. The molecule has 0 radical (unpaired) electrons. The van der Waals surface area contributed by atoms with Crippen LogP contribution in [-0.4, -0.2) is 30.1 Å². The minimum atomic E-state index is -0.625. The van der Waals surface area contributed by atoms with Gasteiger partial charge in [0.2, 0.25) is 0 Å². The van der Waals surface area contributed by atoms with E-state index in [9.17, 15) is 9.59 Å². The molecule has 0 aliphatic carbocycles. The number of dihydropyridines is 1. The Morgan fingerprint density at radius 2 is 1.50 bits per heavy atom. The summed E-state index contributed by atoms with van der Waals surface area (Å²) in [5.41, 5.74) is 7.00. The molecular formula is C29H30N2O4S. The van der Waals surface area contributed by atoms with E-state index in [1.807, 2.05) is 49.6 Å². The van der Waals surface area contributed by atoms with Gasteiger partial charge in [-0.3, -0.25) is 0 Å². The number of nitrogens with one attached hydrogen (secondary N) is 1. The summed E-state index contributed by atoms with van der Waals surface area (Å²) < 4.78 is 10.8. The average Bonchev–Trinajstić information content (AvgIpc) is 3.34. The molecule has 0 unspecified atom stereocenters. The van der Waals surface area contributed by atoms with E-state index >= 15 is 0 Å². The maximum Gasteiger partial charge on any atom is 0.336 e. The molecule has 0 fully saturated rings. The van der Waals surface area contributed by atoms with E-state index in [-0.39, 0.29) is 13.2 Å². The molecule has 1 aliphatic heterocycles. The minimum Gasteiger partial charge on any atom is -0.463 e. The Kier molecular flexibility index (Phi) is 7.70. The number of hydrogen-bond donors (Lipinski definition) is 1. The van der Waals surface area contributed by atoms with E-state index in [1.165, 1.54) is 5.56 Å². The maximum absolute atomic E-state index is 13.1. The van der Waals surface area contributed by atoms with Crippen LogP contribution < -0.4 is 5.32 Å². The third-order valence-electron chi connectivity index (χ3n) is 6.04. The first-order valence-electron chi connectivity index (χ1n) is 12.0. The van der Waals surface area contributed by atoms with Gasteiger partial charge < -0.3 is 14.8 Å². The molecule has 2 aromatic carbocycles. The summed E-state index contributed by atoms with van der Waals surface area (Å²) in [6, 6.07) is 16.1. The molecule has 3 aromatic rings. The molecule has 6 nitrogen and oxygen atoms in total. The highest BCUT2D eigenvalue weighted by Gasteiger charge is 2.38. The van der Waals surface area contributed by atoms with Crippen molar-refractivity contribution >= 4 is 23.3 Å². The highest BCUT2D eigenvalue weighted by Crippen LogP contribution is 2.41. The van der Waals surface area contributed by atoms with Crippen molar-refractivity contribution in [2.24, 2.45) is 0 Å². The summed E-state index contributed by atoms with van der Waals surface area (Å²) >= 11 is 1.56. The van der Waals surface area contributed by atoms with Crippen molar-refractivity contribution in [3.8, 4) is 21.8 Å². The number of rotatable bonds is 7. The van der Waals surface area contributed by atoms with Crippen molar-refractivity contribution in [2.75, 3.05) is 13.2 Å². The molecule has 0 saturated carbocycles. The van der Waals surface area contributed by atoms with Crippen molar-refractivity contribution in [1.29, 1.82) is 0 Å². The van der Waals surface area contributed by atoms with Crippen molar-refractivity contribution in [1.82, 2.24) is 10.3 Å². The molecule has 4 rings (SSSR count). The van der Waals surface area contributed by atoms with E-state index in [0.717, 1.165) is 27.4 Å². The fourth-order valence-corrected chi connectivity index (χ4v) is 5.31. The lowest BCUT2D eigenvalue weighted by molar-refractivity contribution is -0.139. The van der Waals surface area contributed by atoms with E-state index in [2.05, 4.69) is 30.4 Å². The summed E-state index contributed by atoms with van der Waals surface area (Å²) in [5, 5.41) is 6.08. The summed E-state index contributed by atoms with van der Waals surface area (Å²) in [7, 11) is 0. The monoisotopic (exact) mass is 502 g/mol. The minimum absolute atomic E-state index is 0.237. The first-order valence-corrected chi connectivity index (χ1v) is 12.9. The van der Waals surface area contributed by atoms with Crippen LogP contribution in [0.3, 0.4) is 0 Å². The number of aromatic nitrogens is 1. The standard InChI is InChI=1S/C29H30N2O4S/c1-6-34-28(32)24-18(4)30-19(5)25(29(33)35-7-2)26(24)21-12-9-13-22(15-21)27-31-23(16-36-27)20-11-8-10-17(3)14-20/h8-16,26,30H,6-7H2,1-5H3. The predicted molar refractivity (Wildman–Crippen MR) is 142 cm³/mol. The van der Waals surface area contributed by atoms with Gasteiger partial charge in [0.1, 0.15) is 5.01 Å². The summed E-state index contributed by atoms with van der Waals surface area (Å²) in [4.78, 5) is 31.0. The molecule has 36 heavy (non-hydrogen) atoms. The van der Waals surface area contributed by atoms with E-state index in [4.69, 9.17) is 14.5 Å². The SMILES string of the molecule is CCOC(=O)C1=C(C)NC(C)=C(C(=O)OCC)C1c1cccc(-c2nc(-c3cccc(C)c3)cs2)c1. The topological polar surface area (TPSA) is 77.5 Å². The van der Waals surface area contributed by atoms with Crippen LogP contribution in [0.5, 0.6) is 0 Å². The highest BCUT2D eigenvalue weighted by atomic mass is 32.1. The van der Waals surface area contributed by atoms with Crippen molar-refractivity contribution in [3.63, 3.8) is 0 Å². The quantitative estimate of drug-likeness (QED) is 0.391. The van der Waals surface area contributed by atoms with Crippen LogP contribution in [0.1, 0.15) is 44.7 Å². The zero-order valence-corrected chi connectivity index (χ0v) is 22.0. The number of allylic oxidation sites excluding steroid dienone is 2. The molecular weight excluding hydrogens is 472 g/mol. The fourth-order valence-electron chi connectivity index (χ4n) is 4.48. The molecule has 2 heterocycles. The number of carbonyl (C=O) groups is 2. The van der Waals surface area contributed by atoms with Crippen molar-refractivity contribution in [2.45, 2.75) is 40.5 Å². The Labute approximate surface area is 215 Å². The maximum atomic E-state index is 13.1. The van der Waals surface area contributed by atoms with Crippen LogP contribution >= 0.6 is 11.3 Å². The second kappa shape index (κ2) is 10.9. The van der Waals surface area contributed by atoms with Gasteiger partial charge in [0.15, 0.2) is 0 Å². The van der Waals surface area contributed by atoms with Gasteiger partial charge >= 0.3 is 11.9 Å². The largest absolute Gasteiger partial charge is 0.463 e. The first-order chi connectivity index (χ1) is 17.3. The Bertz CT molecular complexity index is 1330. The lowest BCUT2D eigenvalue weighted by atomic mass is 9.80. The molecule has 0 spiro atoms. The molecule has 186 valence electrons. The average molecular weight is 503 g/mol. The van der Waals surface area contributed by atoms with Crippen LogP contribution in [0.4, 0.5) is 0 Å². The van der Waals surface area contributed by atoms with Crippen molar-refractivity contribution < 1.29 is 19.1 Å². The summed E-state index contributed by atoms with van der Waals surface area (Å²) in [6.07, 6.45) is 0. The molecule has 1 aliphatic rings. The van der Waals surface area contributed by atoms with Crippen LogP contribution in [0.25, 0.3) is 21.8 Å². The van der Waals surface area contributed by atoms with Crippen LogP contribution in [0, 0.1) is 6.92 Å². The van der Waals surface area contributed by atoms with E-state index in [0.29, 0.717) is 22.5 Å². The van der Waals surface area contributed by atoms with Crippen LogP contribution in [-0.2, 0) is 19.1 Å². The molecule has 1 N–H and O–H groups in total. The molecule has 1 aromatic heterocycles. The Hall–Kier alpha value is -3.71. The van der Waals surface area contributed by atoms with Gasteiger partial charge in [-0.05, 0) is 52.3 Å². The number of ether oxygens (including phenoxy) is 2. The van der Waals surface area contributed by atoms with Crippen molar-refractivity contribution in [3.05, 3.63) is 87.6 Å². The normalized spacial score (nSPS) is 14.0. The van der Waals surface area contributed by atoms with E-state index < -0.39 is 17.9 Å². The Morgan fingerprint density at radius 3 is 2.11 bits per heavy atom. The zero-order chi connectivity index (χ0) is 25.8. The third kappa shape index (κ3) is 5.11. The van der Waals surface area contributed by atoms with Gasteiger partial charge in [-0.1, -0.05) is 42.0 Å². The predicted octanol–water partition coefficient (Wildman–Crippen LogP) is 6.15. The molecule has 0 atom stereocenters. The number of thiazole rings is 1. The van der Waals surface area contributed by atoms with E-state index in [1.54, 1.807) is 25.2 Å². The van der Waals surface area contributed by atoms with Crippen LogP contribution in [0.2, 0.25) is 0 Å². The van der Waals surface area contributed by atoms with Gasteiger partial charge in [-0.15, -0.1) is 11.3 Å². The molecule has 0 amide bonds. The Balaban J connectivity index is 1.79. The highest BCUT2D eigenvalue weighted by molar-refractivity contribution is 7.13. The number of benzene rings is 2. The van der Waals surface area contributed by atoms with Gasteiger partial charge in [-0.2, -0.15) is 0 Å². The molecule has 7 heteroatoms. The smallest absolute Gasteiger partial charge is 0.336 e.